The molecule has 0 aliphatic heterocycles. The molecule has 1 aliphatic rings. The summed E-state index contributed by atoms with van der Waals surface area (Å²) in [6.45, 7) is 4.59. The van der Waals surface area contributed by atoms with Crippen LogP contribution in [0.15, 0.2) is 42.5 Å². The Kier molecular flexibility index (Phi) is 8.16. The Bertz CT molecular complexity index is 1250. The molecule has 0 amide bonds. The zero-order valence-corrected chi connectivity index (χ0v) is 20.4. The van der Waals surface area contributed by atoms with Crippen LogP contribution >= 0.6 is 0 Å². The summed E-state index contributed by atoms with van der Waals surface area (Å²) in [6.07, 6.45) is 10.4. The second-order valence-corrected chi connectivity index (χ2v) is 9.88. The van der Waals surface area contributed by atoms with E-state index in [1.807, 2.05) is 18.2 Å². The van der Waals surface area contributed by atoms with Crippen molar-refractivity contribution >= 4 is 10.8 Å². The van der Waals surface area contributed by atoms with Gasteiger partial charge in [-0.15, -0.1) is 0 Å². The van der Waals surface area contributed by atoms with Gasteiger partial charge in [0.05, 0.1) is 5.56 Å². The first-order valence-electron chi connectivity index (χ1n) is 12.8. The molecular formula is C31H32F4. The molecule has 35 heavy (non-hydrogen) atoms. The van der Waals surface area contributed by atoms with Crippen molar-refractivity contribution in [2.75, 3.05) is 0 Å². The van der Waals surface area contributed by atoms with E-state index in [4.69, 9.17) is 0 Å². The lowest BCUT2D eigenvalue weighted by atomic mass is 9.69. The smallest absolute Gasteiger partial charge is 0.198 e. The molecule has 4 heteroatoms. The van der Waals surface area contributed by atoms with Crippen LogP contribution < -0.4 is 0 Å². The molecule has 0 saturated heterocycles. The second-order valence-electron chi connectivity index (χ2n) is 9.88. The van der Waals surface area contributed by atoms with Crippen LogP contribution in [0.5, 0.6) is 0 Å². The van der Waals surface area contributed by atoms with Crippen LogP contribution in [0.25, 0.3) is 10.8 Å². The van der Waals surface area contributed by atoms with Gasteiger partial charge in [-0.2, -0.15) is 0 Å². The third-order valence-electron chi connectivity index (χ3n) is 7.65. The van der Waals surface area contributed by atoms with Crippen molar-refractivity contribution in [3.8, 4) is 11.8 Å². The zero-order chi connectivity index (χ0) is 24.9. The molecule has 1 aliphatic carbocycles. The summed E-state index contributed by atoms with van der Waals surface area (Å²) in [4.78, 5) is 0. The number of hydrogen-bond acceptors (Lipinski definition) is 0. The Morgan fingerprint density at radius 3 is 2.43 bits per heavy atom. The van der Waals surface area contributed by atoms with E-state index in [-0.39, 0.29) is 0 Å². The number of fused-ring (bicyclic) bond motifs is 1. The minimum atomic E-state index is -1.85. The highest BCUT2D eigenvalue weighted by Gasteiger charge is 2.30. The van der Waals surface area contributed by atoms with Crippen molar-refractivity contribution < 1.29 is 17.6 Å². The third-order valence-corrected chi connectivity index (χ3v) is 7.65. The van der Waals surface area contributed by atoms with Gasteiger partial charge in [-0.25, -0.2) is 17.6 Å². The van der Waals surface area contributed by atoms with Crippen molar-refractivity contribution in [3.05, 3.63) is 82.4 Å². The van der Waals surface area contributed by atoms with Crippen LogP contribution in [-0.2, 0) is 0 Å². The number of rotatable bonds is 6. The fourth-order valence-electron chi connectivity index (χ4n) is 5.65. The van der Waals surface area contributed by atoms with Crippen LogP contribution in [0.2, 0.25) is 0 Å². The molecule has 184 valence electrons. The second kappa shape index (κ2) is 11.3. The maximum absolute atomic E-state index is 14.0. The fourth-order valence-corrected chi connectivity index (χ4v) is 5.65. The van der Waals surface area contributed by atoms with Crippen molar-refractivity contribution in [1.82, 2.24) is 0 Å². The molecule has 4 rings (SSSR count). The van der Waals surface area contributed by atoms with Crippen LogP contribution in [0.3, 0.4) is 0 Å². The van der Waals surface area contributed by atoms with E-state index in [2.05, 4.69) is 37.8 Å². The minimum Gasteiger partial charge on any atom is -0.204 e. The summed E-state index contributed by atoms with van der Waals surface area (Å²) < 4.78 is 54.4. The average Bonchev–Trinajstić information content (AvgIpc) is 2.88. The highest BCUT2D eigenvalue weighted by molar-refractivity contribution is 5.89. The highest BCUT2D eigenvalue weighted by Crippen LogP contribution is 2.42. The standard InChI is InChI=1S/C31H32F4/c1-3-4-5-9-21-10-6-7-13-26(21)20(2)23-16-17-27-22(11-8-12-24(27)18-23)14-15-25-19-28(32)30(34)31(35)29(25)33/h8,11-12,16-21,26H,3-7,9-10,13H2,1-2H3. The summed E-state index contributed by atoms with van der Waals surface area (Å²) in [6, 6.07) is 12.7. The Hall–Kier alpha value is -2.80. The van der Waals surface area contributed by atoms with E-state index >= 15 is 0 Å². The maximum atomic E-state index is 14.0. The Labute approximate surface area is 205 Å². The third kappa shape index (κ3) is 5.56. The van der Waals surface area contributed by atoms with E-state index in [0.717, 1.165) is 16.7 Å². The summed E-state index contributed by atoms with van der Waals surface area (Å²) in [5, 5.41) is 1.92. The molecule has 0 radical (unpaired) electrons. The summed E-state index contributed by atoms with van der Waals surface area (Å²) >= 11 is 0. The quantitative estimate of drug-likeness (QED) is 0.108. The lowest BCUT2D eigenvalue weighted by molar-refractivity contribution is 0.192. The summed E-state index contributed by atoms with van der Waals surface area (Å²) in [5.41, 5.74) is 1.43. The molecule has 3 atom stereocenters. The lowest BCUT2D eigenvalue weighted by Gasteiger charge is -2.36. The van der Waals surface area contributed by atoms with Crippen LogP contribution in [0.1, 0.15) is 87.8 Å². The molecule has 0 heterocycles. The molecule has 3 aromatic rings. The van der Waals surface area contributed by atoms with E-state index in [1.165, 1.54) is 56.9 Å². The fraction of sp³-hybridized carbons (Fsp3) is 0.419. The molecule has 0 N–H and O–H groups in total. The molecule has 0 bridgehead atoms. The molecule has 3 aromatic carbocycles. The monoisotopic (exact) mass is 480 g/mol. The first-order chi connectivity index (χ1) is 16.9. The van der Waals surface area contributed by atoms with Crippen molar-refractivity contribution in [1.29, 1.82) is 0 Å². The van der Waals surface area contributed by atoms with Gasteiger partial charge < -0.3 is 0 Å². The van der Waals surface area contributed by atoms with Gasteiger partial charge >= 0.3 is 0 Å². The van der Waals surface area contributed by atoms with E-state index in [1.54, 1.807) is 6.07 Å². The minimum absolute atomic E-state index is 0.459. The molecule has 0 nitrogen and oxygen atoms in total. The van der Waals surface area contributed by atoms with Gasteiger partial charge in [0, 0.05) is 5.56 Å². The predicted molar refractivity (Wildman–Crippen MR) is 134 cm³/mol. The molecule has 0 aromatic heterocycles. The molecule has 1 fully saturated rings. The largest absolute Gasteiger partial charge is 0.204 e. The lowest BCUT2D eigenvalue weighted by Crippen LogP contribution is -2.24. The van der Waals surface area contributed by atoms with Crippen LogP contribution in [0, 0.1) is 46.9 Å². The van der Waals surface area contributed by atoms with Gasteiger partial charge in [-0.05, 0) is 52.6 Å². The van der Waals surface area contributed by atoms with Crippen molar-refractivity contribution in [2.45, 2.75) is 71.1 Å². The maximum Gasteiger partial charge on any atom is 0.198 e. The number of benzene rings is 3. The summed E-state index contributed by atoms with van der Waals surface area (Å²) in [7, 11) is 0. The molecular weight excluding hydrogens is 448 g/mol. The number of unbranched alkanes of at least 4 members (excludes halogenated alkanes) is 2. The van der Waals surface area contributed by atoms with Gasteiger partial charge in [0.25, 0.3) is 0 Å². The normalized spacial score (nSPS) is 18.8. The Balaban J connectivity index is 1.61. The SMILES string of the molecule is CCCCCC1CCCCC1C(C)c1ccc2c(C#Cc3cc(F)c(F)c(F)c3F)cccc2c1. The number of halogens is 4. The Morgan fingerprint density at radius 2 is 1.63 bits per heavy atom. The molecule has 1 saturated carbocycles. The topological polar surface area (TPSA) is 0 Å². The zero-order valence-electron chi connectivity index (χ0n) is 20.4. The number of hydrogen-bond donors (Lipinski definition) is 0. The van der Waals surface area contributed by atoms with Gasteiger partial charge in [0.2, 0.25) is 0 Å². The molecule has 0 spiro atoms. The van der Waals surface area contributed by atoms with Crippen LogP contribution in [0.4, 0.5) is 17.6 Å². The van der Waals surface area contributed by atoms with Crippen molar-refractivity contribution in [3.63, 3.8) is 0 Å². The van der Waals surface area contributed by atoms with E-state index < -0.39 is 28.8 Å². The van der Waals surface area contributed by atoms with Gasteiger partial charge in [-0.3, -0.25) is 0 Å². The van der Waals surface area contributed by atoms with Gasteiger partial charge in [0.1, 0.15) is 0 Å². The van der Waals surface area contributed by atoms with Crippen LogP contribution in [-0.4, -0.2) is 0 Å². The Morgan fingerprint density at radius 1 is 0.857 bits per heavy atom. The average molecular weight is 481 g/mol. The van der Waals surface area contributed by atoms with E-state index in [0.29, 0.717) is 23.5 Å². The highest BCUT2D eigenvalue weighted by atomic mass is 19.2. The van der Waals surface area contributed by atoms with Gasteiger partial charge in [0.15, 0.2) is 23.3 Å². The first kappa shape index (κ1) is 25.3. The molecule has 3 unspecified atom stereocenters. The first-order valence-corrected chi connectivity index (χ1v) is 12.8. The van der Waals surface area contributed by atoms with Crippen molar-refractivity contribution in [2.24, 2.45) is 11.8 Å². The predicted octanol–water partition coefficient (Wildman–Crippen LogP) is 9.29. The van der Waals surface area contributed by atoms with E-state index in [9.17, 15) is 17.6 Å². The van der Waals surface area contributed by atoms with Gasteiger partial charge in [-0.1, -0.05) is 101 Å². The summed E-state index contributed by atoms with van der Waals surface area (Å²) in [5.74, 6) is 0.616.